The van der Waals surface area contributed by atoms with Crippen LogP contribution in [0.4, 0.5) is 35.5 Å². The molecule has 2 aromatic rings. The summed E-state index contributed by atoms with van der Waals surface area (Å²) < 4.78 is 92.4. The molecule has 0 unspecified atom stereocenters. The van der Waals surface area contributed by atoms with Gasteiger partial charge in [0.25, 0.3) is 0 Å². The van der Waals surface area contributed by atoms with Gasteiger partial charge in [-0.2, -0.15) is 26.3 Å². The molecule has 3 heterocycles. The van der Waals surface area contributed by atoms with Crippen molar-refractivity contribution in [3.63, 3.8) is 0 Å². The van der Waals surface area contributed by atoms with Crippen molar-refractivity contribution in [2.24, 2.45) is 0 Å². The van der Waals surface area contributed by atoms with E-state index < -0.39 is 64.3 Å². The number of nitrogens with one attached hydrogen (secondary N) is 2. The molecule has 2 aromatic heterocycles. The number of hydrogen-bond acceptors (Lipinski definition) is 4. The Morgan fingerprint density at radius 3 is 2.44 bits per heavy atom. The van der Waals surface area contributed by atoms with Crippen LogP contribution in [0.15, 0.2) is 24.4 Å². The van der Waals surface area contributed by atoms with Crippen LogP contribution in [0.1, 0.15) is 35.6 Å². The van der Waals surface area contributed by atoms with Gasteiger partial charge in [0.15, 0.2) is 17.2 Å². The molecule has 1 aliphatic heterocycles. The topological polar surface area (TPSA) is 87.2 Å². The number of rotatable bonds is 3. The summed E-state index contributed by atoms with van der Waals surface area (Å²) in [5, 5.41) is 3.97. The lowest BCUT2D eigenvalue weighted by atomic mass is 10.0. The van der Waals surface area contributed by atoms with Gasteiger partial charge in [0, 0.05) is 24.8 Å². The van der Waals surface area contributed by atoms with Gasteiger partial charge in [-0.05, 0) is 25.1 Å². The third kappa shape index (κ3) is 5.32. The second-order valence-corrected chi connectivity index (χ2v) is 7.61. The zero-order valence-corrected chi connectivity index (χ0v) is 17.8. The predicted octanol–water partition coefficient (Wildman–Crippen LogP) is 3.93. The molecule has 3 rings (SSSR count). The first-order valence-electron chi connectivity index (χ1n) is 9.51. The summed E-state index contributed by atoms with van der Waals surface area (Å²) in [5.41, 5.74) is -4.14. The van der Waals surface area contributed by atoms with Gasteiger partial charge in [0.1, 0.15) is 6.04 Å². The standard InChI is InChI=1S/C19H15ClF7N5O2/c1-8-16(33)28-4-5-32(8)17(34)31-13(9-6-10(20)14(29-7-9)18(22,23)24)12-3-2-11(21)15(30-12)19(25,26)27/h2-3,6-8,13H,4-5H2,1H3,(H,28,33)(H,31,34)/t8-,13-/m1/s1. The van der Waals surface area contributed by atoms with Crippen molar-refractivity contribution in [2.75, 3.05) is 13.1 Å². The van der Waals surface area contributed by atoms with E-state index >= 15 is 0 Å². The number of amides is 3. The van der Waals surface area contributed by atoms with Gasteiger partial charge in [-0.25, -0.2) is 19.2 Å². The lowest BCUT2D eigenvalue weighted by molar-refractivity contribution is -0.144. The number of piperazine rings is 1. The Hall–Kier alpha value is -3.16. The lowest BCUT2D eigenvalue weighted by Crippen LogP contribution is -2.58. The molecular weight excluding hydrogens is 499 g/mol. The Labute approximate surface area is 192 Å². The number of alkyl halides is 6. The largest absolute Gasteiger partial charge is 0.436 e. The summed E-state index contributed by atoms with van der Waals surface area (Å²) in [5.74, 6) is -2.18. The average Bonchev–Trinajstić information content (AvgIpc) is 2.72. The molecule has 1 saturated heterocycles. The fourth-order valence-corrected chi connectivity index (χ4v) is 3.51. The molecule has 3 amide bonds. The van der Waals surface area contributed by atoms with E-state index in [1.807, 2.05) is 0 Å². The average molecular weight is 514 g/mol. The maximum atomic E-state index is 13.7. The number of halogens is 8. The predicted molar refractivity (Wildman–Crippen MR) is 103 cm³/mol. The number of hydrogen-bond donors (Lipinski definition) is 2. The number of aromatic nitrogens is 2. The van der Waals surface area contributed by atoms with E-state index in [4.69, 9.17) is 11.6 Å². The summed E-state index contributed by atoms with van der Waals surface area (Å²) >= 11 is 5.68. The van der Waals surface area contributed by atoms with Crippen molar-refractivity contribution in [1.29, 1.82) is 0 Å². The first-order chi connectivity index (χ1) is 15.7. The van der Waals surface area contributed by atoms with E-state index in [1.165, 1.54) is 6.92 Å². The number of carbonyl (C=O) groups is 2. The van der Waals surface area contributed by atoms with Crippen LogP contribution in [0, 0.1) is 5.82 Å². The molecule has 184 valence electrons. The summed E-state index contributed by atoms with van der Waals surface area (Å²) in [7, 11) is 0. The van der Waals surface area contributed by atoms with Gasteiger partial charge in [-0.1, -0.05) is 11.6 Å². The smallest absolute Gasteiger partial charge is 0.353 e. The molecule has 0 radical (unpaired) electrons. The van der Waals surface area contributed by atoms with Crippen LogP contribution in [-0.4, -0.2) is 45.9 Å². The van der Waals surface area contributed by atoms with Crippen LogP contribution in [0.25, 0.3) is 0 Å². The molecule has 34 heavy (non-hydrogen) atoms. The highest BCUT2D eigenvalue weighted by atomic mass is 35.5. The van der Waals surface area contributed by atoms with Crippen LogP contribution >= 0.6 is 11.6 Å². The quantitative estimate of drug-likeness (QED) is 0.609. The van der Waals surface area contributed by atoms with E-state index in [9.17, 15) is 40.3 Å². The van der Waals surface area contributed by atoms with E-state index in [0.717, 1.165) is 17.0 Å². The molecule has 7 nitrogen and oxygen atoms in total. The Kier molecular flexibility index (Phi) is 6.92. The molecule has 0 aromatic carbocycles. The van der Waals surface area contributed by atoms with E-state index in [1.54, 1.807) is 0 Å². The first kappa shape index (κ1) is 25.5. The fourth-order valence-electron chi connectivity index (χ4n) is 3.23. The zero-order valence-electron chi connectivity index (χ0n) is 17.1. The number of carbonyl (C=O) groups excluding carboxylic acids is 2. The summed E-state index contributed by atoms with van der Waals surface area (Å²) in [6, 6.07) is -1.45. The van der Waals surface area contributed by atoms with Crippen LogP contribution in [0.5, 0.6) is 0 Å². The summed E-state index contributed by atoms with van der Waals surface area (Å²) in [6.07, 6.45) is -9.45. The second-order valence-electron chi connectivity index (χ2n) is 7.20. The molecule has 2 atom stereocenters. The fraction of sp³-hybridized carbons (Fsp3) is 0.368. The maximum absolute atomic E-state index is 13.7. The van der Waals surface area contributed by atoms with Crippen LogP contribution in [0.3, 0.4) is 0 Å². The van der Waals surface area contributed by atoms with Crippen LogP contribution in [0.2, 0.25) is 5.02 Å². The molecule has 0 bridgehead atoms. The molecule has 2 N–H and O–H groups in total. The third-order valence-electron chi connectivity index (χ3n) is 4.92. The third-order valence-corrected chi connectivity index (χ3v) is 5.21. The van der Waals surface area contributed by atoms with Gasteiger partial charge in [0.05, 0.1) is 16.8 Å². The Morgan fingerprint density at radius 2 is 1.85 bits per heavy atom. The highest BCUT2D eigenvalue weighted by Crippen LogP contribution is 2.36. The number of nitrogens with zero attached hydrogens (tertiary/aromatic N) is 3. The minimum absolute atomic E-state index is 0.0438. The van der Waals surface area contributed by atoms with Gasteiger partial charge in [0.2, 0.25) is 5.91 Å². The molecule has 1 fully saturated rings. The molecule has 1 aliphatic rings. The van der Waals surface area contributed by atoms with E-state index in [-0.39, 0.29) is 18.7 Å². The normalized spacial score (nSPS) is 17.9. The molecule has 0 aliphatic carbocycles. The SMILES string of the molecule is C[C@@H]1C(=O)NCCN1C(=O)N[C@H](c1cnc(C(F)(F)F)c(Cl)c1)c1ccc(F)c(C(F)(F)F)n1. The number of pyridine rings is 2. The van der Waals surface area contributed by atoms with Gasteiger partial charge < -0.3 is 15.5 Å². The summed E-state index contributed by atoms with van der Waals surface area (Å²) in [4.78, 5) is 32.2. The Bertz CT molecular complexity index is 1110. The highest BCUT2D eigenvalue weighted by Gasteiger charge is 2.39. The minimum atomic E-state index is -5.19. The van der Waals surface area contributed by atoms with Crippen molar-refractivity contribution < 1.29 is 40.3 Å². The van der Waals surface area contributed by atoms with Crippen LogP contribution < -0.4 is 10.6 Å². The lowest BCUT2D eigenvalue weighted by Gasteiger charge is -2.34. The number of urea groups is 1. The highest BCUT2D eigenvalue weighted by molar-refractivity contribution is 6.31. The second kappa shape index (κ2) is 9.24. The monoisotopic (exact) mass is 513 g/mol. The van der Waals surface area contributed by atoms with Gasteiger partial charge in [-0.3, -0.25) is 4.79 Å². The van der Waals surface area contributed by atoms with Gasteiger partial charge >= 0.3 is 18.4 Å². The van der Waals surface area contributed by atoms with E-state index in [0.29, 0.717) is 12.3 Å². The van der Waals surface area contributed by atoms with Crippen molar-refractivity contribution in [3.05, 3.63) is 57.9 Å². The minimum Gasteiger partial charge on any atom is -0.353 e. The Balaban J connectivity index is 2.07. The van der Waals surface area contributed by atoms with Crippen LogP contribution in [-0.2, 0) is 17.1 Å². The molecule has 0 saturated carbocycles. The molecular formula is C19H15ClF7N5O2. The van der Waals surface area contributed by atoms with E-state index in [2.05, 4.69) is 20.6 Å². The summed E-state index contributed by atoms with van der Waals surface area (Å²) in [6.45, 7) is 1.54. The van der Waals surface area contributed by atoms with Crippen molar-refractivity contribution in [3.8, 4) is 0 Å². The van der Waals surface area contributed by atoms with Crippen molar-refractivity contribution >= 4 is 23.5 Å². The molecule has 0 spiro atoms. The van der Waals surface area contributed by atoms with Gasteiger partial charge in [-0.15, -0.1) is 0 Å². The first-order valence-corrected chi connectivity index (χ1v) is 9.89. The zero-order chi connectivity index (χ0) is 25.4. The van der Waals surface area contributed by atoms with Crippen molar-refractivity contribution in [2.45, 2.75) is 31.4 Å². The Morgan fingerprint density at radius 1 is 1.21 bits per heavy atom. The van der Waals surface area contributed by atoms with Crippen molar-refractivity contribution in [1.82, 2.24) is 25.5 Å². The maximum Gasteiger partial charge on any atom is 0.436 e. The molecule has 15 heteroatoms.